The van der Waals surface area contributed by atoms with Crippen LogP contribution < -0.4 is 5.32 Å². The van der Waals surface area contributed by atoms with E-state index >= 15 is 0 Å². The van der Waals surface area contributed by atoms with Gasteiger partial charge in [0.2, 0.25) is 0 Å². The molecule has 0 spiro atoms. The second kappa shape index (κ2) is 7.93. The number of aromatic nitrogens is 3. The molecular weight excluding hydrogens is 296 g/mol. The van der Waals surface area contributed by atoms with Crippen LogP contribution in [0.15, 0.2) is 24.3 Å². The van der Waals surface area contributed by atoms with Crippen molar-refractivity contribution in [1.29, 1.82) is 0 Å². The molecule has 0 fully saturated rings. The predicted molar refractivity (Wildman–Crippen MR) is 97.8 cm³/mol. The first-order chi connectivity index (χ1) is 11.6. The van der Waals surface area contributed by atoms with Gasteiger partial charge in [-0.3, -0.25) is 0 Å². The maximum atomic E-state index is 4.47. The molecule has 1 aromatic heterocycles. The minimum Gasteiger partial charge on any atom is -0.314 e. The van der Waals surface area contributed by atoms with Crippen LogP contribution in [0.25, 0.3) is 0 Å². The number of benzene rings is 1. The zero-order valence-corrected chi connectivity index (χ0v) is 15.3. The molecule has 24 heavy (non-hydrogen) atoms. The molecule has 1 N–H and O–H groups in total. The molecule has 130 valence electrons. The number of rotatable bonds is 6. The fourth-order valence-electron chi connectivity index (χ4n) is 3.55. The lowest BCUT2D eigenvalue weighted by Gasteiger charge is -2.17. The summed E-state index contributed by atoms with van der Waals surface area (Å²) < 4.78 is 2.34. The van der Waals surface area contributed by atoms with Crippen LogP contribution in [0.2, 0.25) is 0 Å². The van der Waals surface area contributed by atoms with Gasteiger partial charge in [-0.1, -0.05) is 44.5 Å². The summed E-state index contributed by atoms with van der Waals surface area (Å²) in [6.45, 7) is 8.70. The molecule has 0 aliphatic carbocycles. The smallest absolute Gasteiger partial charge is 0.149 e. The van der Waals surface area contributed by atoms with Crippen LogP contribution in [0.5, 0.6) is 0 Å². The number of fused-ring (bicyclic) bond motifs is 1. The Kier molecular flexibility index (Phi) is 5.67. The largest absolute Gasteiger partial charge is 0.314 e. The van der Waals surface area contributed by atoms with Crippen molar-refractivity contribution in [3.8, 4) is 0 Å². The first-order valence-electron chi connectivity index (χ1n) is 9.37. The van der Waals surface area contributed by atoms with E-state index in [0.717, 1.165) is 37.6 Å². The fourth-order valence-corrected chi connectivity index (χ4v) is 3.55. The van der Waals surface area contributed by atoms with Crippen LogP contribution in [0.4, 0.5) is 0 Å². The van der Waals surface area contributed by atoms with E-state index in [1.165, 1.54) is 30.4 Å². The lowest BCUT2D eigenvalue weighted by molar-refractivity contribution is 0.500. The van der Waals surface area contributed by atoms with Crippen molar-refractivity contribution in [2.24, 2.45) is 5.92 Å². The highest BCUT2D eigenvalue weighted by atomic mass is 15.3. The summed E-state index contributed by atoms with van der Waals surface area (Å²) in [6.07, 6.45) is 5.97. The van der Waals surface area contributed by atoms with Gasteiger partial charge in [-0.05, 0) is 43.2 Å². The Morgan fingerprint density at radius 3 is 2.62 bits per heavy atom. The minimum atomic E-state index is 0.219. The number of hydrogen-bond donors (Lipinski definition) is 1. The molecule has 0 unspecified atom stereocenters. The Labute approximate surface area is 145 Å². The summed E-state index contributed by atoms with van der Waals surface area (Å²) in [5, 5.41) is 12.6. The summed E-state index contributed by atoms with van der Waals surface area (Å²) in [7, 11) is 0. The van der Waals surface area contributed by atoms with Crippen LogP contribution in [-0.2, 0) is 25.9 Å². The summed E-state index contributed by atoms with van der Waals surface area (Å²) >= 11 is 0. The Balaban J connectivity index is 1.68. The third-order valence-corrected chi connectivity index (χ3v) is 4.87. The van der Waals surface area contributed by atoms with Crippen LogP contribution in [0.3, 0.4) is 0 Å². The van der Waals surface area contributed by atoms with Gasteiger partial charge in [-0.15, -0.1) is 10.2 Å². The first-order valence-corrected chi connectivity index (χ1v) is 9.37. The average Bonchev–Trinajstić information content (AvgIpc) is 2.82. The quantitative estimate of drug-likeness (QED) is 0.870. The Morgan fingerprint density at radius 2 is 1.83 bits per heavy atom. The second-order valence-electron chi connectivity index (χ2n) is 7.41. The molecule has 1 atom stereocenters. The van der Waals surface area contributed by atoms with Crippen molar-refractivity contribution < 1.29 is 0 Å². The van der Waals surface area contributed by atoms with Gasteiger partial charge in [0.15, 0.2) is 0 Å². The normalized spacial score (nSPS) is 16.0. The maximum absolute atomic E-state index is 4.47. The zero-order valence-electron chi connectivity index (χ0n) is 15.3. The molecule has 1 aromatic carbocycles. The molecule has 3 rings (SSSR count). The van der Waals surface area contributed by atoms with Crippen molar-refractivity contribution in [3.05, 3.63) is 47.0 Å². The predicted octanol–water partition coefficient (Wildman–Crippen LogP) is 4.05. The van der Waals surface area contributed by atoms with Gasteiger partial charge in [-0.25, -0.2) is 0 Å². The first kappa shape index (κ1) is 17.2. The van der Waals surface area contributed by atoms with E-state index in [1.807, 2.05) is 0 Å². The monoisotopic (exact) mass is 326 g/mol. The van der Waals surface area contributed by atoms with E-state index in [4.69, 9.17) is 0 Å². The van der Waals surface area contributed by atoms with Gasteiger partial charge >= 0.3 is 0 Å². The third-order valence-electron chi connectivity index (χ3n) is 4.87. The van der Waals surface area contributed by atoms with Gasteiger partial charge in [0.1, 0.15) is 11.6 Å². The molecule has 4 heteroatoms. The van der Waals surface area contributed by atoms with Crippen LogP contribution in [0.1, 0.15) is 68.9 Å². The molecular formula is C20H30N4. The van der Waals surface area contributed by atoms with Crippen molar-refractivity contribution >= 4 is 0 Å². The van der Waals surface area contributed by atoms with Crippen molar-refractivity contribution in [3.63, 3.8) is 0 Å². The van der Waals surface area contributed by atoms with Gasteiger partial charge in [0, 0.05) is 19.5 Å². The van der Waals surface area contributed by atoms with Crippen LogP contribution in [-0.4, -0.2) is 14.8 Å². The number of nitrogens with one attached hydrogen (secondary N) is 1. The molecule has 2 aromatic rings. The topological polar surface area (TPSA) is 42.7 Å². The summed E-state index contributed by atoms with van der Waals surface area (Å²) in [5.74, 6) is 2.93. The van der Waals surface area contributed by atoms with Gasteiger partial charge in [0.25, 0.3) is 0 Å². The number of aryl methyl sites for hydroxylation is 1. The highest BCUT2D eigenvalue weighted by Gasteiger charge is 2.19. The minimum absolute atomic E-state index is 0.219. The Bertz CT molecular complexity index is 659. The van der Waals surface area contributed by atoms with E-state index in [9.17, 15) is 0 Å². The van der Waals surface area contributed by atoms with E-state index in [1.54, 1.807) is 0 Å². The molecule has 0 bridgehead atoms. The van der Waals surface area contributed by atoms with Crippen LogP contribution in [0, 0.1) is 5.92 Å². The lowest BCUT2D eigenvalue weighted by atomic mass is 9.98. The molecule has 1 aliphatic rings. The Morgan fingerprint density at radius 1 is 1.04 bits per heavy atom. The molecule has 0 amide bonds. The molecule has 0 saturated carbocycles. The maximum Gasteiger partial charge on any atom is 0.149 e. The summed E-state index contributed by atoms with van der Waals surface area (Å²) in [5.41, 5.74) is 2.85. The van der Waals surface area contributed by atoms with Crippen molar-refractivity contribution in [2.45, 2.75) is 72.0 Å². The van der Waals surface area contributed by atoms with E-state index in [0.29, 0.717) is 5.92 Å². The Hall–Kier alpha value is -1.68. The fraction of sp³-hybridized carbons (Fsp3) is 0.600. The molecule has 4 nitrogen and oxygen atoms in total. The standard InChI is InChI=1S/C20H30N4/c1-15(2)13-17-9-6-7-10-18(17)14-21-16(3)20-23-22-19-11-5-4-8-12-24(19)20/h6-7,9-10,15-16,21H,4-5,8,11-14H2,1-3H3/t16-/m1/s1. The molecule has 2 heterocycles. The second-order valence-corrected chi connectivity index (χ2v) is 7.41. The third kappa shape index (κ3) is 4.04. The van der Waals surface area contributed by atoms with E-state index < -0.39 is 0 Å². The zero-order chi connectivity index (χ0) is 16.9. The average molecular weight is 326 g/mol. The van der Waals surface area contributed by atoms with Gasteiger partial charge in [0.05, 0.1) is 6.04 Å². The highest BCUT2D eigenvalue weighted by Crippen LogP contribution is 2.20. The molecule has 0 radical (unpaired) electrons. The molecule has 0 saturated heterocycles. The molecule has 1 aliphatic heterocycles. The lowest BCUT2D eigenvalue weighted by Crippen LogP contribution is -2.23. The van der Waals surface area contributed by atoms with Crippen molar-refractivity contribution in [1.82, 2.24) is 20.1 Å². The summed E-state index contributed by atoms with van der Waals surface area (Å²) in [6, 6.07) is 8.99. The van der Waals surface area contributed by atoms with Crippen molar-refractivity contribution in [2.75, 3.05) is 0 Å². The summed E-state index contributed by atoms with van der Waals surface area (Å²) in [4.78, 5) is 0. The van der Waals surface area contributed by atoms with E-state index in [2.05, 4.69) is 65.1 Å². The number of hydrogen-bond acceptors (Lipinski definition) is 3. The number of nitrogens with zero attached hydrogens (tertiary/aromatic N) is 3. The van der Waals surface area contributed by atoms with Crippen LogP contribution >= 0.6 is 0 Å². The van der Waals surface area contributed by atoms with Gasteiger partial charge < -0.3 is 9.88 Å². The SMILES string of the molecule is CC(C)Cc1ccccc1CN[C@H](C)c1nnc2n1CCCCC2. The van der Waals surface area contributed by atoms with Gasteiger partial charge in [-0.2, -0.15) is 0 Å². The highest BCUT2D eigenvalue weighted by molar-refractivity contribution is 5.27. The van der Waals surface area contributed by atoms with E-state index in [-0.39, 0.29) is 6.04 Å².